The number of nitrogens with zero attached hydrogens (tertiary/aromatic N) is 2. The van der Waals surface area contributed by atoms with Crippen LogP contribution in [0, 0.1) is 6.92 Å². The normalized spacial score (nSPS) is 16.4. The van der Waals surface area contributed by atoms with E-state index in [1.807, 2.05) is 23.9 Å². The zero-order valence-electron chi connectivity index (χ0n) is 11.9. The number of imidazole rings is 1. The van der Waals surface area contributed by atoms with Crippen molar-refractivity contribution in [2.75, 3.05) is 17.3 Å². The molecular formula is C15H18N2O2S2. The van der Waals surface area contributed by atoms with Gasteiger partial charge in [0.1, 0.15) is 0 Å². The summed E-state index contributed by atoms with van der Waals surface area (Å²) in [6.07, 6.45) is 2.26. The smallest absolute Gasteiger partial charge is 0.313 e. The van der Waals surface area contributed by atoms with Gasteiger partial charge >= 0.3 is 5.97 Å². The number of aromatic nitrogens is 2. The van der Waals surface area contributed by atoms with Crippen molar-refractivity contribution in [1.29, 1.82) is 0 Å². The highest BCUT2D eigenvalue weighted by atomic mass is 32.2. The molecule has 6 heteroatoms. The van der Waals surface area contributed by atoms with E-state index in [-0.39, 0.29) is 5.75 Å². The van der Waals surface area contributed by atoms with Crippen LogP contribution in [0.1, 0.15) is 24.4 Å². The van der Waals surface area contributed by atoms with Gasteiger partial charge in [0.05, 0.1) is 16.8 Å². The molecule has 2 aromatic rings. The summed E-state index contributed by atoms with van der Waals surface area (Å²) in [7, 11) is 0. The van der Waals surface area contributed by atoms with Crippen molar-refractivity contribution >= 4 is 40.5 Å². The molecule has 1 aliphatic heterocycles. The zero-order valence-corrected chi connectivity index (χ0v) is 13.5. The number of rotatable bonds is 4. The molecule has 3 rings (SSSR count). The highest BCUT2D eigenvalue weighted by molar-refractivity contribution is 7.99. The Kier molecular flexibility index (Phi) is 4.45. The van der Waals surface area contributed by atoms with E-state index in [0.717, 1.165) is 23.5 Å². The number of aryl methyl sites for hydroxylation is 1. The zero-order chi connectivity index (χ0) is 14.8. The van der Waals surface area contributed by atoms with Gasteiger partial charge in [0.25, 0.3) is 0 Å². The summed E-state index contributed by atoms with van der Waals surface area (Å²) in [4.78, 5) is 15.6. The van der Waals surface area contributed by atoms with Crippen LogP contribution in [0.15, 0.2) is 23.4 Å². The van der Waals surface area contributed by atoms with Crippen LogP contribution in [0.4, 0.5) is 0 Å². The second-order valence-corrected chi connectivity index (χ2v) is 7.40. The van der Waals surface area contributed by atoms with Gasteiger partial charge in [0.15, 0.2) is 5.16 Å². The van der Waals surface area contributed by atoms with Crippen LogP contribution < -0.4 is 0 Å². The molecular weight excluding hydrogens is 304 g/mol. The molecule has 1 aliphatic rings. The monoisotopic (exact) mass is 322 g/mol. The summed E-state index contributed by atoms with van der Waals surface area (Å²) < 4.78 is 2.29. The van der Waals surface area contributed by atoms with Gasteiger partial charge < -0.3 is 9.67 Å². The van der Waals surface area contributed by atoms with Crippen LogP contribution in [0.5, 0.6) is 0 Å². The number of aliphatic carboxylic acids is 1. The van der Waals surface area contributed by atoms with Crippen molar-refractivity contribution in [2.24, 2.45) is 0 Å². The predicted molar refractivity (Wildman–Crippen MR) is 88.4 cm³/mol. The van der Waals surface area contributed by atoms with Gasteiger partial charge in [-0.15, -0.1) is 0 Å². The SMILES string of the molecule is Cc1cccc2nc(SCC(=O)O)n(C3CCSCC3)c12. The van der Waals surface area contributed by atoms with E-state index in [2.05, 4.69) is 22.5 Å². The Balaban J connectivity index is 2.07. The topological polar surface area (TPSA) is 55.1 Å². The van der Waals surface area contributed by atoms with Crippen LogP contribution in [0.2, 0.25) is 0 Å². The summed E-state index contributed by atoms with van der Waals surface area (Å²) in [6.45, 7) is 2.10. The third kappa shape index (κ3) is 3.06. The third-order valence-corrected chi connectivity index (χ3v) is 5.75. The van der Waals surface area contributed by atoms with Gasteiger partial charge in [-0.25, -0.2) is 4.98 Å². The number of hydrogen-bond donors (Lipinski definition) is 1. The fraction of sp³-hybridized carbons (Fsp3) is 0.467. The fourth-order valence-electron chi connectivity index (χ4n) is 2.81. The van der Waals surface area contributed by atoms with Crippen LogP contribution in [-0.2, 0) is 4.79 Å². The van der Waals surface area contributed by atoms with Crippen molar-refractivity contribution < 1.29 is 9.90 Å². The maximum absolute atomic E-state index is 10.9. The number of hydrogen-bond acceptors (Lipinski definition) is 4. The lowest BCUT2D eigenvalue weighted by Crippen LogP contribution is -2.16. The van der Waals surface area contributed by atoms with E-state index < -0.39 is 5.97 Å². The van der Waals surface area contributed by atoms with E-state index in [9.17, 15) is 4.79 Å². The average Bonchev–Trinajstić information content (AvgIpc) is 2.86. The lowest BCUT2D eigenvalue weighted by molar-refractivity contribution is -0.133. The number of carboxylic acid groups (broad SMARTS) is 1. The van der Waals surface area contributed by atoms with Gasteiger partial charge in [-0.3, -0.25) is 4.79 Å². The number of benzene rings is 1. The molecule has 0 unspecified atom stereocenters. The van der Waals surface area contributed by atoms with Crippen LogP contribution in [0.25, 0.3) is 11.0 Å². The summed E-state index contributed by atoms with van der Waals surface area (Å²) >= 11 is 3.32. The summed E-state index contributed by atoms with van der Waals surface area (Å²) in [5.74, 6) is 1.59. The van der Waals surface area contributed by atoms with Crippen molar-refractivity contribution in [2.45, 2.75) is 31.0 Å². The minimum absolute atomic E-state index is 0.0594. The number of thioether (sulfide) groups is 2. The molecule has 1 aromatic heterocycles. The van der Waals surface area contributed by atoms with Gasteiger partial charge in [0.2, 0.25) is 0 Å². The first-order chi connectivity index (χ1) is 10.2. The number of para-hydroxylation sites is 1. The highest BCUT2D eigenvalue weighted by Gasteiger charge is 2.23. The van der Waals surface area contributed by atoms with Crippen LogP contribution in [-0.4, -0.2) is 37.9 Å². The quantitative estimate of drug-likeness (QED) is 0.872. The first-order valence-corrected chi connectivity index (χ1v) is 9.20. The number of carboxylic acids is 1. The summed E-state index contributed by atoms with van der Waals surface area (Å²) in [6, 6.07) is 6.57. The van der Waals surface area contributed by atoms with E-state index in [0.29, 0.717) is 6.04 Å². The molecule has 0 aliphatic carbocycles. The van der Waals surface area contributed by atoms with Crippen molar-refractivity contribution in [3.8, 4) is 0 Å². The molecule has 112 valence electrons. The minimum Gasteiger partial charge on any atom is -0.481 e. The third-order valence-electron chi connectivity index (χ3n) is 3.76. The number of fused-ring (bicyclic) bond motifs is 1. The number of carbonyl (C=O) groups is 1. The molecule has 0 saturated carbocycles. The fourth-order valence-corrected chi connectivity index (χ4v) is 4.69. The molecule has 0 spiro atoms. The van der Waals surface area contributed by atoms with Crippen molar-refractivity contribution in [1.82, 2.24) is 9.55 Å². The van der Waals surface area contributed by atoms with E-state index in [1.54, 1.807) is 0 Å². The van der Waals surface area contributed by atoms with E-state index in [1.165, 1.54) is 34.3 Å². The molecule has 2 heterocycles. The Hall–Kier alpha value is -1.14. The lowest BCUT2D eigenvalue weighted by Gasteiger charge is -2.25. The first kappa shape index (κ1) is 14.8. The molecule has 1 aromatic carbocycles. The molecule has 0 amide bonds. The molecule has 1 N–H and O–H groups in total. The Morgan fingerprint density at radius 3 is 2.95 bits per heavy atom. The van der Waals surface area contributed by atoms with Crippen molar-refractivity contribution in [3.63, 3.8) is 0 Å². The largest absolute Gasteiger partial charge is 0.481 e. The van der Waals surface area contributed by atoms with Crippen molar-refractivity contribution in [3.05, 3.63) is 23.8 Å². The predicted octanol–water partition coefficient (Wildman–Crippen LogP) is 3.59. The van der Waals surface area contributed by atoms with Crippen LogP contribution in [0.3, 0.4) is 0 Å². The van der Waals surface area contributed by atoms with Gasteiger partial charge in [-0.2, -0.15) is 11.8 Å². The molecule has 1 saturated heterocycles. The molecule has 21 heavy (non-hydrogen) atoms. The van der Waals surface area contributed by atoms with E-state index in [4.69, 9.17) is 5.11 Å². The van der Waals surface area contributed by atoms with Gasteiger partial charge in [0, 0.05) is 6.04 Å². The summed E-state index contributed by atoms with van der Waals surface area (Å²) in [5, 5.41) is 9.79. The average molecular weight is 322 g/mol. The molecule has 0 atom stereocenters. The maximum Gasteiger partial charge on any atom is 0.313 e. The molecule has 1 fully saturated rings. The second-order valence-electron chi connectivity index (χ2n) is 5.23. The Bertz CT molecular complexity index is 663. The van der Waals surface area contributed by atoms with Gasteiger partial charge in [-0.05, 0) is 42.9 Å². The standard InChI is InChI=1S/C15H18N2O2S2/c1-10-3-2-4-12-14(10)17(11-5-7-20-8-6-11)15(16-12)21-9-13(18)19/h2-4,11H,5-9H2,1H3,(H,18,19). The highest BCUT2D eigenvalue weighted by Crippen LogP contribution is 2.35. The Labute approximate surface area is 132 Å². The minimum atomic E-state index is -0.797. The second kappa shape index (κ2) is 6.32. The molecule has 0 radical (unpaired) electrons. The van der Waals surface area contributed by atoms with E-state index >= 15 is 0 Å². The lowest BCUT2D eigenvalue weighted by atomic mass is 10.1. The maximum atomic E-state index is 10.9. The first-order valence-electron chi connectivity index (χ1n) is 7.06. The molecule has 0 bridgehead atoms. The Morgan fingerprint density at radius 1 is 1.48 bits per heavy atom. The van der Waals surface area contributed by atoms with Gasteiger partial charge in [-0.1, -0.05) is 23.9 Å². The Morgan fingerprint density at radius 2 is 2.24 bits per heavy atom. The molecule has 4 nitrogen and oxygen atoms in total. The van der Waals surface area contributed by atoms with Crippen LogP contribution >= 0.6 is 23.5 Å². The summed E-state index contributed by atoms with van der Waals surface area (Å²) in [5.41, 5.74) is 3.35.